The van der Waals surface area contributed by atoms with E-state index in [1.54, 1.807) is 36.4 Å². The monoisotopic (exact) mass is 592 g/mol. The van der Waals surface area contributed by atoms with Gasteiger partial charge in [0.25, 0.3) is 5.91 Å². The molecule has 0 aliphatic heterocycles. The van der Waals surface area contributed by atoms with Crippen LogP contribution in [0.4, 0.5) is 14.5 Å². The van der Waals surface area contributed by atoms with Crippen LogP contribution in [0.5, 0.6) is 11.5 Å². The lowest BCUT2D eigenvalue weighted by Crippen LogP contribution is -2.42. The number of halogens is 2. The van der Waals surface area contributed by atoms with E-state index in [9.17, 15) is 18.4 Å². The van der Waals surface area contributed by atoms with Gasteiger partial charge in [0.1, 0.15) is 29.2 Å². The third kappa shape index (κ3) is 7.61. The van der Waals surface area contributed by atoms with Crippen LogP contribution in [0.2, 0.25) is 0 Å². The summed E-state index contributed by atoms with van der Waals surface area (Å²) >= 11 is 1.11. The molecule has 1 unspecified atom stereocenters. The van der Waals surface area contributed by atoms with Crippen LogP contribution < -0.4 is 14.8 Å². The van der Waals surface area contributed by atoms with Gasteiger partial charge in [-0.25, -0.2) is 18.7 Å². The Morgan fingerprint density at radius 2 is 1.62 bits per heavy atom. The third-order valence-electron chi connectivity index (χ3n) is 6.32. The highest BCUT2D eigenvalue weighted by Crippen LogP contribution is 2.32. The van der Waals surface area contributed by atoms with Gasteiger partial charge in [0.15, 0.2) is 5.16 Å². The summed E-state index contributed by atoms with van der Waals surface area (Å²) in [5.41, 5.74) is 2.36. The Hall–Kier alpha value is -4.51. The molecule has 1 N–H and O–H groups in total. The van der Waals surface area contributed by atoms with Gasteiger partial charge in [-0.1, -0.05) is 42.1 Å². The molecule has 0 fully saturated rings. The minimum Gasteiger partial charge on any atom is -0.497 e. The van der Waals surface area contributed by atoms with E-state index in [0.29, 0.717) is 27.9 Å². The van der Waals surface area contributed by atoms with E-state index in [2.05, 4.69) is 15.3 Å². The van der Waals surface area contributed by atoms with E-state index in [0.717, 1.165) is 23.1 Å². The Morgan fingerprint density at radius 3 is 2.26 bits per heavy atom. The minimum atomic E-state index is -1.26. The second-order valence-corrected chi connectivity index (χ2v) is 10.3. The van der Waals surface area contributed by atoms with Crippen LogP contribution in [0, 0.1) is 25.5 Å². The van der Waals surface area contributed by atoms with E-state index in [1.807, 2.05) is 19.9 Å². The normalized spacial score (nSPS) is 11.5. The number of carbonyl (C=O) groups is 2. The molecule has 0 aliphatic carbocycles. The number of benzene rings is 3. The summed E-state index contributed by atoms with van der Waals surface area (Å²) < 4.78 is 39.4. The van der Waals surface area contributed by atoms with Crippen LogP contribution in [0.15, 0.2) is 78.0 Å². The van der Waals surface area contributed by atoms with Crippen molar-refractivity contribution >= 4 is 29.3 Å². The molecular weight excluding hydrogens is 562 g/mol. The molecule has 1 heterocycles. The number of nitrogens with one attached hydrogen (secondary N) is 1. The highest BCUT2D eigenvalue weighted by atomic mass is 32.2. The lowest BCUT2D eigenvalue weighted by molar-refractivity contribution is -0.137. The summed E-state index contributed by atoms with van der Waals surface area (Å²) in [6, 6.07) is 16.7. The van der Waals surface area contributed by atoms with Gasteiger partial charge in [-0.3, -0.25) is 9.59 Å². The fourth-order valence-electron chi connectivity index (χ4n) is 4.32. The van der Waals surface area contributed by atoms with Crippen molar-refractivity contribution in [2.24, 2.45) is 0 Å². The SMILES string of the molecule is COc1ccc(NC(=O)C(c2ccc(F)cc2)N(Cc2ccccc2F)C(=O)CSc2nc(C)cc(C)n2)c(OC)c1. The van der Waals surface area contributed by atoms with Gasteiger partial charge < -0.3 is 19.7 Å². The lowest BCUT2D eigenvalue weighted by atomic mass is 10.0. The van der Waals surface area contributed by atoms with Crippen LogP contribution in [0.1, 0.15) is 28.6 Å². The topological polar surface area (TPSA) is 93.7 Å². The lowest BCUT2D eigenvalue weighted by Gasteiger charge is -2.32. The summed E-state index contributed by atoms with van der Waals surface area (Å²) in [6.45, 7) is 3.43. The van der Waals surface area contributed by atoms with Gasteiger partial charge in [0, 0.05) is 29.6 Å². The van der Waals surface area contributed by atoms with Crippen molar-refractivity contribution in [2.75, 3.05) is 25.3 Å². The molecule has 4 aromatic rings. The smallest absolute Gasteiger partial charge is 0.251 e. The largest absolute Gasteiger partial charge is 0.497 e. The molecule has 0 aliphatic rings. The first-order chi connectivity index (χ1) is 20.2. The fraction of sp³-hybridized carbons (Fsp3) is 0.226. The Morgan fingerprint density at radius 1 is 0.929 bits per heavy atom. The molecule has 0 spiro atoms. The van der Waals surface area contributed by atoms with Crippen LogP contribution >= 0.6 is 11.8 Å². The number of rotatable bonds is 11. The molecule has 11 heteroatoms. The summed E-state index contributed by atoms with van der Waals surface area (Å²) in [7, 11) is 2.95. The number of aryl methyl sites for hydroxylation is 2. The molecule has 218 valence electrons. The van der Waals surface area contributed by atoms with Gasteiger partial charge >= 0.3 is 0 Å². The first-order valence-electron chi connectivity index (χ1n) is 12.9. The maximum atomic E-state index is 14.8. The molecule has 2 amide bonds. The zero-order valence-corrected chi connectivity index (χ0v) is 24.4. The molecule has 1 aromatic heterocycles. The average molecular weight is 593 g/mol. The number of hydrogen-bond donors (Lipinski definition) is 1. The van der Waals surface area contributed by atoms with Crippen molar-refractivity contribution in [1.29, 1.82) is 0 Å². The molecule has 4 rings (SSSR count). The number of ether oxygens (including phenoxy) is 2. The molecule has 1 atom stereocenters. The van der Waals surface area contributed by atoms with Crippen molar-refractivity contribution in [1.82, 2.24) is 14.9 Å². The average Bonchev–Trinajstić information content (AvgIpc) is 2.97. The summed E-state index contributed by atoms with van der Waals surface area (Å²) in [5.74, 6) is -1.41. The second-order valence-electron chi connectivity index (χ2n) is 9.34. The van der Waals surface area contributed by atoms with Gasteiger partial charge in [0.05, 0.1) is 25.7 Å². The number of hydrogen-bond acceptors (Lipinski definition) is 7. The van der Waals surface area contributed by atoms with Crippen molar-refractivity contribution in [3.63, 3.8) is 0 Å². The van der Waals surface area contributed by atoms with E-state index in [4.69, 9.17) is 9.47 Å². The molecular formula is C31H30F2N4O4S. The summed E-state index contributed by atoms with van der Waals surface area (Å²) in [4.78, 5) is 37.9. The molecule has 3 aromatic carbocycles. The molecule has 0 saturated carbocycles. The quantitative estimate of drug-likeness (QED) is 0.172. The van der Waals surface area contributed by atoms with E-state index in [-0.39, 0.29) is 17.9 Å². The molecule has 42 heavy (non-hydrogen) atoms. The highest BCUT2D eigenvalue weighted by Gasteiger charge is 2.33. The first kappa shape index (κ1) is 30.4. The standard InChI is InChI=1S/C31H30F2N4O4S/c1-19-15-20(2)35-31(34-19)42-18-28(38)37(17-22-7-5-6-8-25(22)33)29(21-9-11-23(32)12-10-21)30(39)36-26-14-13-24(40-3)16-27(26)41-4/h5-16,29H,17-18H2,1-4H3,(H,36,39). The highest BCUT2D eigenvalue weighted by molar-refractivity contribution is 7.99. The summed E-state index contributed by atoms with van der Waals surface area (Å²) in [6.07, 6.45) is 0. The summed E-state index contributed by atoms with van der Waals surface area (Å²) in [5, 5.41) is 3.22. The van der Waals surface area contributed by atoms with Crippen LogP contribution in [0.25, 0.3) is 0 Å². The number of anilines is 1. The van der Waals surface area contributed by atoms with Crippen LogP contribution in [-0.2, 0) is 16.1 Å². The van der Waals surface area contributed by atoms with E-state index in [1.165, 1.54) is 49.5 Å². The van der Waals surface area contributed by atoms with Crippen molar-refractivity contribution in [3.05, 3.63) is 107 Å². The number of amides is 2. The number of nitrogens with zero attached hydrogens (tertiary/aromatic N) is 3. The second kappa shape index (κ2) is 13.9. The predicted octanol–water partition coefficient (Wildman–Crippen LogP) is 5.89. The molecule has 0 bridgehead atoms. The Labute approximate surface area is 247 Å². The number of thioether (sulfide) groups is 1. The van der Waals surface area contributed by atoms with Gasteiger partial charge in [0.2, 0.25) is 5.91 Å². The van der Waals surface area contributed by atoms with Crippen molar-refractivity contribution in [2.45, 2.75) is 31.6 Å². The van der Waals surface area contributed by atoms with Gasteiger partial charge in [-0.05, 0) is 55.8 Å². The van der Waals surface area contributed by atoms with Crippen LogP contribution in [-0.4, -0.2) is 46.7 Å². The van der Waals surface area contributed by atoms with Gasteiger partial charge in [-0.15, -0.1) is 0 Å². The molecule has 8 nitrogen and oxygen atoms in total. The van der Waals surface area contributed by atoms with Gasteiger partial charge in [-0.2, -0.15) is 0 Å². The third-order valence-corrected chi connectivity index (χ3v) is 7.15. The van der Waals surface area contributed by atoms with E-state index < -0.39 is 29.5 Å². The Kier molecular flexibility index (Phi) is 10.1. The number of aromatic nitrogens is 2. The molecule has 0 saturated heterocycles. The van der Waals surface area contributed by atoms with Crippen molar-refractivity contribution < 1.29 is 27.8 Å². The minimum absolute atomic E-state index is 0.131. The Balaban J connectivity index is 1.74. The first-order valence-corrected chi connectivity index (χ1v) is 13.9. The van der Waals surface area contributed by atoms with Crippen LogP contribution in [0.3, 0.4) is 0 Å². The van der Waals surface area contributed by atoms with Crippen molar-refractivity contribution in [3.8, 4) is 11.5 Å². The predicted molar refractivity (Wildman–Crippen MR) is 156 cm³/mol. The maximum Gasteiger partial charge on any atom is 0.251 e. The zero-order valence-electron chi connectivity index (χ0n) is 23.6. The fourth-order valence-corrected chi connectivity index (χ4v) is 5.16. The maximum absolute atomic E-state index is 14.8. The number of methoxy groups -OCH3 is 2. The Bertz CT molecular complexity index is 1550. The number of carbonyl (C=O) groups excluding carboxylic acids is 2. The van der Waals surface area contributed by atoms with E-state index >= 15 is 0 Å². The molecule has 0 radical (unpaired) electrons. The zero-order chi connectivity index (χ0) is 30.2.